The van der Waals surface area contributed by atoms with Crippen LogP contribution in [0.15, 0.2) is 59.1 Å². The normalized spacial score (nSPS) is 11.2. The van der Waals surface area contributed by atoms with Crippen molar-refractivity contribution < 1.29 is 4.42 Å². The van der Waals surface area contributed by atoms with Gasteiger partial charge in [0.05, 0.1) is 0 Å². The fourth-order valence-corrected chi connectivity index (χ4v) is 2.74. The summed E-state index contributed by atoms with van der Waals surface area (Å²) in [5, 5.41) is 0. The van der Waals surface area contributed by atoms with Crippen LogP contribution in [0.4, 0.5) is 0 Å². The van der Waals surface area contributed by atoms with Crippen molar-refractivity contribution in [2.24, 2.45) is 0 Å². The summed E-state index contributed by atoms with van der Waals surface area (Å²) in [4.78, 5) is 9.24. The second-order valence-electron chi connectivity index (χ2n) is 5.76. The van der Waals surface area contributed by atoms with E-state index in [-0.39, 0.29) is 0 Å². The molecule has 4 aromatic rings. The first-order valence-electron chi connectivity index (χ1n) is 7.65. The SMILES string of the molecule is Cc1ccc(Cc2nc3cccnc3n2-c2ccc(C)o2)cc1. The van der Waals surface area contributed by atoms with Gasteiger partial charge in [0.1, 0.15) is 17.1 Å². The Morgan fingerprint density at radius 2 is 1.83 bits per heavy atom. The Bertz CT molecular complexity index is 964. The first kappa shape index (κ1) is 13.8. The predicted molar refractivity (Wildman–Crippen MR) is 89.9 cm³/mol. The lowest BCUT2D eigenvalue weighted by Crippen LogP contribution is -2.02. The van der Waals surface area contributed by atoms with Gasteiger partial charge in [-0.2, -0.15) is 0 Å². The minimum atomic E-state index is 0.733. The molecule has 0 aliphatic heterocycles. The molecule has 4 heteroatoms. The van der Waals surface area contributed by atoms with E-state index in [0.717, 1.165) is 35.1 Å². The van der Waals surface area contributed by atoms with Gasteiger partial charge >= 0.3 is 0 Å². The second-order valence-corrected chi connectivity index (χ2v) is 5.76. The number of aryl methyl sites for hydroxylation is 2. The number of benzene rings is 1. The molecule has 0 radical (unpaired) electrons. The molecule has 0 amide bonds. The molecule has 4 rings (SSSR count). The fraction of sp³-hybridized carbons (Fsp3) is 0.158. The highest BCUT2D eigenvalue weighted by atomic mass is 16.4. The van der Waals surface area contributed by atoms with E-state index in [1.807, 2.05) is 35.8 Å². The molecule has 0 bridgehead atoms. The first-order chi connectivity index (χ1) is 11.2. The lowest BCUT2D eigenvalue weighted by molar-refractivity contribution is 0.509. The van der Waals surface area contributed by atoms with Crippen LogP contribution in [0.2, 0.25) is 0 Å². The summed E-state index contributed by atoms with van der Waals surface area (Å²) in [6.07, 6.45) is 2.52. The van der Waals surface area contributed by atoms with E-state index in [9.17, 15) is 0 Å². The summed E-state index contributed by atoms with van der Waals surface area (Å²) >= 11 is 0. The number of aromatic nitrogens is 3. The molecule has 0 unspecified atom stereocenters. The van der Waals surface area contributed by atoms with Gasteiger partial charge in [-0.3, -0.25) is 0 Å². The van der Waals surface area contributed by atoms with E-state index in [0.29, 0.717) is 0 Å². The van der Waals surface area contributed by atoms with Crippen LogP contribution in [-0.2, 0) is 6.42 Å². The molecule has 3 aromatic heterocycles. The number of rotatable bonds is 3. The van der Waals surface area contributed by atoms with Crippen molar-refractivity contribution in [3.63, 3.8) is 0 Å². The Hall–Kier alpha value is -2.88. The summed E-state index contributed by atoms with van der Waals surface area (Å²) in [5.41, 5.74) is 4.17. The van der Waals surface area contributed by atoms with Crippen molar-refractivity contribution in [2.45, 2.75) is 20.3 Å². The third-order valence-corrected chi connectivity index (χ3v) is 3.91. The lowest BCUT2D eigenvalue weighted by Gasteiger charge is -2.06. The quantitative estimate of drug-likeness (QED) is 0.569. The fourth-order valence-electron chi connectivity index (χ4n) is 2.74. The number of hydrogen-bond donors (Lipinski definition) is 0. The van der Waals surface area contributed by atoms with Gasteiger partial charge in [0.2, 0.25) is 5.88 Å². The van der Waals surface area contributed by atoms with Crippen molar-refractivity contribution in [1.29, 1.82) is 0 Å². The third-order valence-electron chi connectivity index (χ3n) is 3.91. The Morgan fingerprint density at radius 3 is 2.57 bits per heavy atom. The van der Waals surface area contributed by atoms with Gasteiger partial charge < -0.3 is 4.42 Å². The van der Waals surface area contributed by atoms with Gasteiger partial charge in [0.15, 0.2) is 5.65 Å². The van der Waals surface area contributed by atoms with Crippen LogP contribution in [-0.4, -0.2) is 14.5 Å². The monoisotopic (exact) mass is 303 g/mol. The van der Waals surface area contributed by atoms with E-state index in [1.165, 1.54) is 11.1 Å². The minimum absolute atomic E-state index is 0.733. The Kier molecular flexibility index (Phi) is 3.23. The summed E-state index contributed by atoms with van der Waals surface area (Å²) in [5.74, 6) is 2.56. The number of pyridine rings is 1. The van der Waals surface area contributed by atoms with Gasteiger partial charge in [-0.15, -0.1) is 0 Å². The van der Waals surface area contributed by atoms with Crippen LogP contribution in [0.3, 0.4) is 0 Å². The summed E-state index contributed by atoms with van der Waals surface area (Å²) in [7, 11) is 0. The minimum Gasteiger partial charge on any atom is -0.445 e. The third kappa shape index (κ3) is 2.52. The van der Waals surface area contributed by atoms with Crippen LogP contribution in [0.1, 0.15) is 22.7 Å². The molecule has 23 heavy (non-hydrogen) atoms. The van der Waals surface area contributed by atoms with Crippen LogP contribution in [0.25, 0.3) is 17.0 Å². The Morgan fingerprint density at radius 1 is 1.00 bits per heavy atom. The number of fused-ring (bicyclic) bond motifs is 1. The van der Waals surface area contributed by atoms with Crippen LogP contribution in [0.5, 0.6) is 0 Å². The Labute approximate surface area is 134 Å². The zero-order valence-corrected chi connectivity index (χ0v) is 13.2. The zero-order valence-electron chi connectivity index (χ0n) is 13.2. The summed E-state index contributed by atoms with van der Waals surface area (Å²) in [6.45, 7) is 4.03. The molecule has 0 atom stereocenters. The molecule has 4 nitrogen and oxygen atoms in total. The molecule has 0 N–H and O–H groups in total. The standard InChI is InChI=1S/C19H17N3O/c1-13-5-8-15(9-6-13)12-17-21-16-4-3-11-20-19(16)22(17)18-10-7-14(2)23-18/h3-11H,12H2,1-2H3. The molecule has 0 spiro atoms. The lowest BCUT2D eigenvalue weighted by atomic mass is 10.1. The Balaban J connectivity index is 1.86. The van der Waals surface area contributed by atoms with Crippen LogP contribution in [0, 0.1) is 13.8 Å². The molecule has 3 heterocycles. The maximum absolute atomic E-state index is 5.82. The summed E-state index contributed by atoms with van der Waals surface area (Å²) in [6, 6.07) is 16.3. The van der Waals surface area contributed by atoms with Gasteiger partial charge in [-0.05, 0) is 37.6 Å². The molecule has 1 aromatic carbocycles. The number of imidazole rings is 1. The smallest absolute Gasteiger partial charge is 0.206 e. The van der Waals surface area contributed by atoms with Crippen LogP contribution >= 0.6 is 0 Å². The summed E-state index contributed by atoms with van der Waals surface area (Å²) < 4.78 is 7.82. The molecule has 0 aliphatic carbocycles. The molecule has 0 aliphatic rings. The zero-order chi connectivity index (χ0) is 15.8. The van der Waals surface area contributed by atoms with E-state index in [4.69, 9.17) is 9.40 Å². The average molecular weight is 303 g/mol. The van der Waals surface area contributed by atoms with E-state index in [2.05, 4.69) is 36.2 Å². The number of nitrogens with zero attached hydrogens (tertiary/aromatic N) is 3. The molecule has 0 saturated carbocycles. The molecular weight excluding hydrogens is 286 g/mol. The molecule has 0 fully saturated rings. The van der Waals surface area contributed by atoms with Crippen molar-refractivity contribution in [2.75, 3.05) is 0 Å². The average Bonchev–Trinajstić information content (AvgIpc) is 3.12. The highest BCUT2D eigenvalue weighted by molar-refractivity contribution is 5.73. The predicted octanol–water partition coefficient (Wildman–Crippen LogP) is 4.22. The van der Waals surface area contributed by atoms with Crippen molar-refractivity contribution in [3.8, 4) is 5.88 Å². The first-order valence-corrected chi connectivity index (χ1v) is 7.65. The van der Waals surface area contributed by atoms with E-state index < -0.39 is 0 Å². The molecule has 114 valence electrons. The van der Waals surface area contributed by atoms with Gasteiger partial charge in [0, 0.05) is 18.7 Å². The van der Waals surface area contributed by atoms with Gasteiger partial charge in [-0.25, -0.2) is 14.5 Å². The van der Waals surface area contributed by atoms with Gasteiger partial charge in [-0.1, -0.05) is 29.8 Å². The van der Waals surface area contributed by atoms with Crippen molar-refractivity contribution in [1.82, 2.24) is 14.5 Å². The van der Waals surface area contributed by atoms with Crippen molar-refractivity contribution in [3.05, 3.63) is 77.4 Å². The largest absolute Gasteiger partial charge is 0.445 e. The number of hydrogen-bond acceptors (Lipinski definition) is 3. The van der Waals surface area contributed by atoms with E-state index >= 15 is 0 Å². The molecule has 0 saturated heterocycles. The highest BCUT2D eigenvalue weighted by Gasteiger charge is 2.16. The van der Waals surface area contributed by atoms with E-state index in [1.54, 1.807) is 6.20 Å². The maximum Gasteiger partial charge on any atom is 0.206 e. The van der Waals surface area contributed by atoms with Crippen molar-refractivity contribution >= 4 is 11.2 Å². The van der Waals surface area contributed by atoms with Gasteiger partial charge in [0.25, 0.3) is 0 Å². The molecular formula is C19H17N3O. The number of furan rings is 1. The second kappa shape index (κ2) is 5.39. The van der Waals surface area contributed by atoms with Crippen LogP contribution < -0.4 is 0 Å². The highest BCUT2D eigenvalue weighted by Crippen LogP contribution is 2.23. The maximum atomic E-state index is 5.82. The topological polar surface area (TPSA) is 43.9 Å².